The average Bonchev–Trinajstić information content (AvgIpc) is 2.90. The van der Waals surface area contributed by atoms with Crippen LogP contribution >= 0.6 is 11.6 Å². The number of aromatic nitrogens is 2. The monoisotopic (exact) mass is 317 g/mol. The summed E-state index contributed by atoms with van der Waals surface area (Å²) in [5.74, 6) is -0.676. The predicted molar refractivity (Wildman–Crippen MR) is 83.4 cm³/mol. The van der Waals surface area contributed by atoms with Gasteiger partial charge in [-0.2, -0.15) is 0 Å². The summed E-state index contributed by atoms with van der Waals surface area (Å²) in [5, 5.41) is 3.89. The molecule has 3 aromatic rings. The average molecular weight is 318 g/mol. The second-order valence-corrected chi connectivity index (χ2v) is 5.36. The topological polar surface area (TPSA) is 57.8 Å². The molecule has 112 valence electrons. The van der Waals surface area contributed by atoms with Gasteiger partial charge >= 0.3 is 0 Å². The number of fused-ring (bicyclic) bond motifs is 1. The van der Waals surface area contributed by atoms with Gasteiger partial charge in [-0.1, -0.05) is 29.8 Å². The molecular weight excluding hydrogens is 305 g/mol. The minimum Gasteiger partial charge on any atom is -0.344 e. The Balaban J connectivity index is 1.82. The Morgan fingerprint density at radius 3 is 2.86 bits per heavy atom. The molecule has 2 N–H and O–H groups in total. The number of benzene rings is 1. The van der Waals surface area contributed by atoms with E-state index in [1.807, 2.05) is 0 Å². The van der Waals surface area contributed by atoms with Gasteiger partial charge in [-0.15, -0.1) is 0 Å². The largest absolute Gasteiger partial charge is 0.344 e. The summed E-state index contributed by atoms with van der Waals surface area (Å²) in [6.07, 6.45) is 0. The third-order valence-corrected chi connectivity index (χ3v) is 3.62. The van der Waals surface area contributed by atoms with E-state index >= 15 is 0 Å². The van der Waals surface area contributed by atoms with E-state index in [4.69, 9.17) is 11.6 Å². The first kappa shape index (κ1) is 14.5. The summed E-state index contributed by atoms with van der Waals surface area (Å²) < 4.78 is 13.7. The molecule has 0 bridgehead atoms. The highest BCUT2D eigenvalue weighted by Gasteiger charge is 2.16. The number of aromatic amines is 1. The number of nitrogens with one attached hydrogen (secondary N) is 2. The summed E-state index contributed by atoms with van der Waals surface area (Å²) in [7, 11) is 0. The van der Waals surface area contributed by atoms with Crippen molar-refractivity contribution >= 4 is 28.5 Å². The summed E-state index contributed by atoms with van der Waals surface area (Å²) >= 11 is 5.82. The number of hydrogen-bond acceptors (Lipinski definition) is 2. The molecule has 1 amide bonds. The van der Waals surface area contributed by atoms with Crippen molar-refractivity contribution in [2.75, 3.05) is 0 Å². The van der Waals surface area contributed by atoms with Gasteiger partial charge in [0.1, 0.15) is 22.3 Å². The van der Waals surface area contributed by atoms with Crippen LogP contribution in [0.1, 0.15) is 29.0 Å². The number of pyridine rings is 1. The van der Waals surface area contributed by atoms with Crippen LogP contribution in [-0.2, 0) is 0 Å². The highest BCUT2D eigenvalue weighted by atomic mass is 35.5. The lowest BCUT2D eigenvalue weighted by atomic mass is 10.1. The maximum absolute atomic E-state index is 13.7. The molecule has 0 saturated carbocycles. The molecule has 0 radical (unpaired) electrons. The van der Waals surface area contributed by atoms with Gasteiger partial charge < -0.3 is 10.3 Å². The zero-order valence-electron chi connectivity index (χ0n) is 11.7. The quantitative estimate of drug-likeness (QED) is 0.721. The van der Waals surface area contributed by atoms with Gasteiger partial charge in [0.25, 0.3) is 5.91 Å². The summed E-state index contributed by atoms with van der Waals surface area (Å²) in [6, 6.07) is 11.0. The number of H-pyrrole nitrogens is 1. The molecule has 1 atom stereocenters. The van der Waals surface area contributed by atoms with E-state index in [1.54, 1.807) is 43.3 Å². The van der Waals surface area contributed by atoms with Crippen molar-refractivity contribution in [2.24, 2.45) is 0 Å². The van der Waals surface area contributed by atoms with Crippen LogP contribution in [0.4, 0.5) is 4.39 Å². The van der Waals surface area contributed by atoms with E-state index in [9.17, 15) is 9.18 Å². The number of hydrogen-bond donors (Lipinski definition) is 2. The molecule has 6 heteroatoms. The summed E-state index contributed by atoms with van der Waals surface area (Å²) in [6.45, 7) is 1.73. The van der Waals surface area contributed by atoms with E-state index < -0.39 is 6.04 Å². The normalized spacial score (nSPS) is 12.3. The van der Waals surface area contributed by atoms with Crippen LogP contribution in [0.15, 0.2) is 42.5 Å². The van der Waals surface area contributed by atoms with Crippen LogP contribution in [0, 0.1) is 5.82 Å². The predicted octanol–water partition coefficient (Wildman–Crippen LogP) is 3.85. The molecule has 0 aliphatic rings. The zero-order valence-corrected chi connectivity index (χ0v) is 12.5. The van der Waals surface area contributed by atoms with Crippen LogP contribution in [-0.4, -0.2) is 15.9 Å². The van der Waals surface area contributed by atoms with Crippen LogP contribution in [0.25, 0.3) is 11.0 Å². The molecule has 2 heterocycles. The molecule has 4 nitrogen and oxygen atoms in total. The third-order valence-electron chi connectivity index (χ3n) is 3.41. The van der Waals surface area contributed by atoms with Crippen molar-refractivity contribution in [2.45, 2.75) is 13.0 Å². The summed E-state index contributed by atoms with van der Waals surface area (Å²) in [4.78, 5) is 19.3. The van der Waals surface area contributed by atoms with Crippen LogP contribution in [0.5, 0.6) is 0 Å². The van der Waals surface area contributed by atoms with Gasteiger partial charge in [-0.25, -0.2) is 9.37 Å². The fraction of sp³-hybridized carbons (Fsp3) is 0.125. The maximum Gasteiger partial charge on any atom is 0.268 e. The van der Waals surface area contributed by atoms with Gasteiger partial charge in [0.2, 0.25) is 0 Å². The first-order valence-electron chi connectivity index (χ1n) is 6.75. The molecule has 0 unspecified atom stereocenters. The molecule has 0 spiro atoms. The van der Waals surface area contributed by atoms with Crippen molar-refractivity contribution in [3.63, 3.8) is 0 Å². The Morgan fingerprint density at radius 2 is 2.09 bits per heavy atom. The van der Waals surface area contributed by atoms with Gasteiger partial charge in [0, 0.05) is 10.9 Å². The fourth-order valence-corrected chi connectivity index (χ4v) is 2.43. The number of rotatable bonds is 3. The SMILES string of the molecule is C[C@@H](NC(=O)c1cc2ccc(Cl)nc2[nH]1)c1ccccc1F. The van der Waals surface area contributed by atoms with Crippen molar-refractivity contribution in [3.05, 3.63) is 64.7 Å². The first-order valence-corrected chi connectivity index (χ1v) is 7.13. The second-order valence-electron chi connectivity index (χ2n) is 4.97. The molecule has 0 aliphatic heterocycles. The molecule has 1 aromatic carbocycles. The van der Waals surface area contributed by atoms with Gasteiger partial charge in [-0.3, -0.25) is 4.79 Å². The van der Waals surface area contributed by atoms with Crippen molar-refractivity contribution in [1.82, 2.24) is 15.3 Å². The van der Waals surface area contributed by atoms with Gasteiger partial charge in [-0.05, 0) is 31.2 Å². The second kappa shape index (κ2) is 5.77. The Morgan fingerprint density at radius 1 is 1.32 bits per heavy atom. The number of carbonyl (C=O) groups is 1. The molecule has 0 aliphatic carbocycles. The number of nitrogens with zero attached hydrogens (tertiary/aromatic N) is 1. The van der Waals surface area contributed by atoms with Crippen LogP contribution in [0.2, 0.25) is 5.15 Å². The Hall–Kier alpha value is -2.40. The van der Waals surface area contributed by atoms with E-state index in [0.717, 1.165) is 5.39 Å². The Labute approximate surface area is 131 Å². The molecule has 0 saturated heterocycles. The minimum atomic E-state index is -0.448. The molecule has 2 aromatic heterocycles. The lowest BCUT2D eigenvalue weighted by Crippen LogP contribution is -2.27. The Kier molecular flexibility index (Phi) is 3.81. The highest BCUT2D eigenvalue weighted by molar-refractivity contribution is 6.29. The van der Waals surface area contributed by atoms with Crippen LogP contribution in [0.3, 0.4) is 0 Å². The molecule has 3 rings (SSSR count). The molecule has 0 fully saturated rings. The molecular formula is C16H13ClFN3O. The van der Waals surface area contributed by atoms with E-state index in [2.05, 4.69) is 15.3 Å². The van der Waals surface area contributed by atoms with E-state index in [-0.39, 0.29) is 11.7 Å². The first-order chi connectivity index (χ1) is 10.5. The Bertz CT molecular complexity index is 846. The smallest absolute Gasteiger partial charge is 0.268 e. The lowest BCUT2D eigenvalue weighted by Gasteiger charge is -2.14. The lowest BCUT2D eigenvalue weighted by molar-refractivity contribution is 0.0935. The number of halogens is 2. The van der Waals surface area contributed by atoms with Crippen molar-refractivity contribution < 1.29 is 9.18 Å². The van der Waals surface area contributed by atoms with Crippen LogP contribution < -0.4 is 5.32 Å². The minimum absolute atomic E-state index is 0.329. The standard InChI is InChI=1S/C16H13ClFN3O/c1-9(11-4-2-3-5-12(11)18)19-16(22)13-8-10-6-7-14(17)21-15(10)20-13/h2-9H,1H3,(H,19,22)(H,20,21)/t9-/m1/s1. The van der Waals surface area contributed by atoms with Crippen molar-refractivity contribution in [1.29, 1.82) is 0 Å². The van der Waals surface area contributed by atoms with E-state index in [1.165, 1.54) is 6.07 Å². The van der Waals surface area contributed by atoms with E-state index in [0.29, 0.717) is 22.1 Å². The zero-order chi connectivity index (χ0) is 15.7. The maximum atomic E-state index is 13.7. The fourth-order valence-electron chi connectivity index (χ4n) is 2.28. The third kappa shape index (κ3) is 2.80. The number of carbonyl (C=O) groups excluding carboxylic acids is 1. The van der Waals surface area contributed by atoms with Gasteiger partial charge in [0.05, 0.1) is 6.04 Å². The van der Waals surface area contributed by atoms with Crippen molar-refractivity contribution in [3.8, 4) is 0 Å². The highest BCUT2D eigenvalue weighted by Crippen LogP contribution is 2.19. The van der Waals surface area contributed by atoms with Gasteiger partial charge in [0.15, 0.2) is 0 Å². The summed E-state index contributed by atoms with van der Waals surface area (Å²) in [5.41, 5.74) is 1.33. The molecule has 22 heavy (non-hydrogen) atoms. The number of amides is 1.